The molecule has 1 aromatic carbocycles. The van der Waals surface area contributed by atoms with Crippen molar-refractivity contribution in [1.29, 1.82) is 0 Å². The first-order chi connectivity index (χ1) is 20.0. The van der Waals surface area contributed by atoms with Crippen molar-refractivity contribution < 1.29 is 28.9 Å². The third-order valence-electron chi connectivity index (χ3n) is 7.91. The van der Waals surface area contributed by atoms with Gasteiger partial charge in [0.25, 0.3) is 0 Å². The van der Waals surface area contributed by atoms with Crippen LogP contribution in [0.4, 0.5) is 0 Å². The molecule has 0 atom stereocenters. The maximum Gasteiger partial charge on any atom is 0.349 e. The van der Waals surface area contributed by atoms with E-state index in [2.05, 4.69) is 22.3 Å². The van der Waals surface area contributed by atoms with Crippen molar-refractivity contribution >= 4 is 46.0 Å². The van der Waals surface area contributed by atoms with Gasteiger partial charge in [0.1, 0.15) is 30.4 Å². The van der Waals surface area contributed by atoms with Crippen molar-refractivity contribution in [3.63, 3.8) is 0 Å². The summed E-state index contributed by atoms with van der Waals surface area (Å²) in [5.41, 5.74) is 0.0122. The van der Waals surface area contributed by atoms with E-state index in [1.807, 2.05) is 27.6 Å². The van der Waals surface area contributed by atoms with Crippen LogP contribution in [-0.2, 0) is 21.7 Å². The van der Waals surface area contributed by atoms with Gasteiger partial charge in [-0.1, -0.05) is 17.3 Å². The number of carbonyl (C=O) groups is 2. The van der Waals surface area contributed by atoms with Crippen LogP contribution in [0.25, 0.3) is 11.0 Å². The number of benzene rings is 1. The Balaban J connectivity index is 1.03. The summed E-state index contributed by atoms with van der Waals surface area (Å²) >= 11 is 2.70. The number of fused-ring (bicyclic) bond motifs is 3. The number of hydrogen-bond acceptors (Lipinski definition) is 11. The Bertz CT molecular complexity index is 1460. The van der Waals surface area contributed by atoms with Gasteiger partial charge in [-0.2, -0.15) is 0 Å². The van der Waals surface area contributed by atoms with E-state index in [0.717, 1.165) is 50.5 Å². The molecule has 0 radical (unpaired) electrons. The average Bonchev–Trinajstić information content (AvgIpc) is 3.80. The highest BCUT2D eigenvalue weighted by Gasteiger charge is 2.45. The number of thiophene rings is 2. The van der Waals surface area contributed by atoms with Gasteiger partial charge in [-0.3, -0.25) is 4.79 Å². The highest BCUT2D eigenvalue weighted by molar-refractivity contribution is 7.12. The summed E-state index contributed by atoms with van der Waals surface area (Å²) in [7, 11) is 2.12. The van der Waals surface area contributed by atoms with E-state index < -0.39 is 11.6 Å². The number of aromatic nitrogens is 3. The summed E-state index contributed by atoms with van der Waals surface area (Å²) in [6.45, 7) is 2.32. The van der Waals surface area contributed by atoms with Crippen LogP contribution in [0.15, 0.2) is 41.1 Å². The van der Waals surface area contributed by atoms with Gasteiger partial charge in [0.2, 0.25) is 5.60 Å². The lowest BCUT2D eigenvalue weighted by atomic mass is 9.91. The van der Waals surface area contributed by atoms with E-state index in [1.165, 1.54) is 22.7 Å². The van der Waals surface area contributed by atoms with Crippen LogP contribution in [0.2, 0.25) is 0 Å². The Kier molecular flexibility index (Phi) is 8.07. The van der Waals surface area contributed by atoms with Gasteiger partial charge in [-0.05, 0) is 74.7 Å². The maximum absolute atomic E-state index is 13.3. The summed E-state index contributed by atoms with van der Waals surface area (Å²) in [5.74, 6) is 0.393. The summed E-state index contributed by atoms with van der Waals surface area (Å²) in [6, 6.07) is 9.29. The highest BCUT2D eigenvalue weighted by Crippen LogP contribution is 2.40. The molecule has 0 saturated heterocycles. The molecule has 1 saturated carbocycles. The first-order valence-corrected chi connectivity index (χ1v) is 15.6. The molecule has 216 valence electrons. The molecule has 6 rings (SSSR count). The molecular formula is C29H32N4O6S2. The minimum absolute atomic E-state index is 0.218. The number of hydrogen-bond donors (Lipinski definition) is 1. The number of carbonyl (C=O) groups excluding carboxylic acids is 2. The lowest BCUT2D eigenvalue weighted by Crippen LogP contribution is -2.42. The number of aryl methyl sites for hydroxylation is 1. The number of aliphatic hydroxyl groups is 1. The monoisotopic (exact) mass is 596 g/mol. The number of rotatable bonds is 10. The zero-order chi connectivity index (χ0) is 28.4. The molecular weight excluding hydrogens is 564 g/mol. The Morgan fingerprint density at radius 1 is 1.15 bits per heavy atom. The molecule has 1 aliphatic heterocycles. The Hall–Kier alpha value is -3.32. The Morgan fingerprint density at radius 2 is 1.83 bits per heavy atom. The molecule has 4 heterocycles. The van der Waals surface area contributed by atoms with Crippen LogP contribution >= 0.6 is 22.7 Å². The number of ether oxygens (including phenoxy) is 3. The van der Waals surface area contributed by atoms with Gasteiger partial charge in [-0.15, -0.1) is 27.8 Å². The lowest BCUT2D eigenvalue weighted by Gasteiger charge is -2.35. The molecule has 0 amide bonds. The number of esters is 1. The molecule has 0 spiro atoms. The third-order valence-corrected chi connectivity index (χ3v) is 9.87. The molecule has 1 fully saturated rings. The first kappa shape index (κ1) is 27.8. The average molecular weight is 597 g/mol. The first-order valence-electron chi connectivity index (χ1n) is 13.8. The molecule has 4 aromatic rings. The fraction of sp³-hybridized carbons (Fsp3) is 0.448. The predicted molar refractivity (Wildman–Crippen MR) is 155 cm³/mol. The highest BCUT2D eigenvalue weighted by atomic mass is 32.1. The summed E-state index contributed by atoms with van der Waals surface area (Å²) < 4.78 is 19.3. The number of aldehydes is 1. The maximum atomic E-state index is 13.3. The molecule has 0 bridgehead atoms. The minimum atomic E-state index is -1.77. The minimum Gasteiger partial charge on any atom is -0.485 e. The second-order valence-electron chi connectivity index (χ2n) is 10.5. The molecule has 1 aliphatic carbocycles. The second-order valence-corrected chi connectivity index (χ2v) is 12.3. The van der Waals surface area contributed by atoms with E-state index in [9.17, 15) is 14.7 Å². The lowest BCUT2D eigenvalue weighted by molar-refractivity contribution is -0.169. The third kappa shape index (κ3) is 5.36. The van der Waals surface area contributed by atoms with Gasteiger partial charge in [0.05, 0.1) is 15.3 Å². The van der Waals surface area contributed by atoms with Gasteiger partial charge >= 0.3 is 5.97 Å². The van der Waals surface area contributed by atoms with Crippen molar-refractivity contribution in [1.82, 2.24) is 19.9 Å². The van der Waals surface area contributed by atoms with Crippen molar-refractivity contribution in [2.75, 3.05) is 26.8 Å². The van der Waals surface area contributed by atoms with Crippen LogP contribution in [0.5, 0.6) is 11.5 Å². The van der Waals surface area contributed by atoms with Crippen LogP contribution in [-0.4, -0.2) is 76.2 Å². The molecule has 10 nitrogen and oxygen atoms in total. The number of nitrogens with zero attached hydrogens (tertiary/aromatic N) is 4. The van der Waals surface area contributed by atoms with Gasteiger partial charge in [0.15, 0.2) is 17.8 Å². The normalized spacial score (nSPS) is 19.0. The van der Waals surface area contributed by atoms with Crippen molar-refractivity contribution in [2.45, 2.75) is 56.4 Å². The molecule has 3 aromatic heterocycles. The zero-order valence-corrected chi connectivity index (χ0v) is 24.4. The Morgan fingerprint density at radius 3 is 2.46 bits per heavy atom. The van der Waals surface area contributed by atoms with E-state index in [-0.39, 0.29) is 6.10 Å². The predicted octanol–water partition coefficient (Wildman–Crippen LogP) is 4.25. The fourth-order valence-corrected chi connectivity index (χ4v) is 7.42. The van der Waals surface area contributed by atoms with E-state index in [1.54, 1.807) is 18.2 Å². The fourth-order valence-electron chi connectivity index (χ4n) is 5.71. The van der Waals surface area contributed by atoms with Crippen LogP contribution in [0.1, 0.15) is 52.2 Å². The topological polar surface area (TPSA) is 116 Å². The smallest absolute Gasteiger partial charge is 0.349 e. The second kappa shape index (κ2) is 11.9. The van der Waals surface area contributed by atoms with Crippen molar-refractivity contribution in [3.05, 3.63) is 56.4 Å². The molecule has 12 heteroatoms. The van der Waals surface area contributed by atoms with Crippen LogP contribution in [0.3, 0.4) is 0 Å². The van der Waals surface area contributed by atoms with Crippen LogP contribution in [0, 0.1) is 0 Å². The largest absolute Gasteiger partial charge is 0.485 e. The summed E-state index contributed by atoms with van der Waals surface area (Å²) in [6.07, 6.45) is 4.71. The SMILES string of the molecule is CN(CCCn1nnc2cc(C=O)c3c(c21)OCCO3)C1CCC(OC(=O)C(O)(c2cccs2)c2cccs2)CC1. The quantitative estimate of drug-likeness (QED) is 0.212. The van der Waals surface area contributed by atoms with E-state index in [4.69, 9.17) is 14.2 Å². The summed E-state index contributed by atoms with van der Waals surface area (Å²) in [5, 5.41) is 23.8. The molecule has 1 N–H and O–H groups in total. The van der Waals surface area contributed by atoms with Crippen molar-refractivity contribution in [2.24, 2.45) is 0 Å². The van der Waals surface area contributed by atoms with Gasteiger partial charge in [-0.25, -0.2) is 9.48 Å². The summed E-state index contributed by atoms with van der Waals surface area (Å²) in [4.78, 5) is 28.3. The molecule has 2 aliphatic rings. The standard InChI is InChI=1S/C29H32N4O6S2/c1-32(11-4-12-33-25-22(30-31-33)17-19(18-34)26-27(25)38-14-13-37-26)20-7-9-21(10-8-20)39-28(35)29(36,23-5-2-15-40-23)24-6-3-16-41-24/h2-3,5-6,15-18,20-21,36H,4,7-14H2,1H3. The Labute approximate surface area is 245 Å². The zero-order valence-electron chi connectivity index (χ0n) is 22.7. The van der Waals surface area contributed by atoms with E-state index >= 15 is 0 Å². The van der Waals surface area contributed by atoms with Gasteiger partial charge < -0.3 is 24.2 Å². The molecule has 0 unspecified atom stereocenters. The van der Waals surface area contributed by atoms with Crippen LogP contribution < -0.4 is 9.47 Å². The van der Waals surface area contributed by atoms with Crippen molar-refractivity contribution in [3.8, 4) is 11.5 Å². The van der Waals surface area contributed by atoms with E-state index in [0.29, 0.717) is 58.1 Å². The molecule has 41 heavy (non-hydrogen) atoms. The van der Waals surface area contributed by atoms with Gasteiger partial charge in [0, 0.05) is 12.6 Å².